The van der Waals surface area contributed by atoms with Crippen LogP contribution in [-0.4, -0.2) is 66.0 Å². The van der Waals surface area contributed by atoms with E-state index in [1.54, 1.807) is 0 Å². The number of hydrogen-bond acceptors (Lipinski definition) is 3. The fourth-order valence-corrected chi connectivity index (χ4v) is 6.49. The van der Waals surface area contributed by atoms with Crippen molar-refractivity contribution in [3.63, 3.8) is 0 Å². The number of benzene rings is 2. The van der Waals surface area contributed by atoms with Crippen LogP contribution in [-0.2, 0) is 13.1 Å². The molecule has 0 spiro atoms. The fourth-order valence-electron chi connectivity index (χ4n) is 6.28. The Balaban J connectivity index is 1.23. The molecular weight excluding hydrogens is 480 g/mol. The van der Waals surface area contributed by atoms with Crippen molar-refractivity contribution in [2.24, 2.45) is 11.8 Å². The molecule has 2 amide bonds. The van der Waals surface area contributed by atoms with Crippen LogP contribution < -0.4 is 5.32 Å². The molecule has 0 bridgehead atoms. The molecule has 0 radical (unpaired) electrons. The Morgan fingerprint density at radius 1 is 1.03 bits per heavy atom. The molecule has 1 heterocycles. The molecule has 4 rings (SSSR count). The van der Waals surface area contributed by atoms with Crippen molar-refractivity contribution in [2.45, 2.75) is 71.1 Å². The van der Waals surface area contributed by atoms with Crippen LogP contribution in [0.3, 0.4) is 0 Å². The Labute approximate surface area is 229 Å². The average molecular weight is 525 g/mol. The summed E-state index contributed by atoms with van der Waals surface area (Å²) >= 11 is 6.20. The quantitative estimate of drug-likeness (QED) is 0.398. The first kappa shape index (κ1) is 27.9. The highest BCUT2D eigenvalue weighted by Crippen LogP contribution is 2.36. The number of rotatable bonds is 10. The van der Waals surface area contributed by atoms with E-state index in [-0.39, 0.29) is 6.03 Å². The SMILES string of the molecule is CCCN(C(=O)NCc1ccccc1)C1CCN(CC2CC(N(C)Cc3cccc(Cl)c3)CC2C)CC1. The minimum absolute atomic E-state index is 0.0825. The molecule has 202 valence electrons. The molecule has 2 aliphatic rings. The molecule has 2 aromatic carbocycles. The number of halogens is 1. The molecule has 2 aromatic rings. The summed E-state index contributed by atoms with van der Waals surface area (Å²) in [6.45, 7) is 10.3. The maximum Gasteiger partial charge on any atom is 0.317 e. The van der Waals surface area contributed by atoms with Gasteiger partial charge in [0, 0.05) is 56.4 Å². The van der Waals surface area contributed by atoms with Crippen LogP contribution in [0.5, 0.6) is 0 Å². The van der Waals surface area contributed by atoms with Gasteiger partial charge in [0.25, 0.3) is 0 Å². The Hall–Kier alpha value is -2.08. The molecule has 0 aromatic heterocycles. The van der Waals surface area contributed by atoms with Gasteiger partial charge in [0.1, 0.15) is 0 Å². The lowest BCUT2D eigenvalue weighted by molar-refractivity contribution is 0.106. The van der Waals surface area contributed by atoms with Crippen molar-refractivity contribution in [3.05, 3.63) is 70.7 Å². The maximum absolute atomic E-state index is 13.0. The number of urea groups is 1. The van der Waals surface area contributed by atoms with Crippen LogP contribution in [0.1, 0.15) is 57.1 Å². The highest BCUT2D eigenvalue weighted by molar-refractivity contribution is 6.30. The highest BCUT2D eigenvalue weighted by atomic mass is 35.5. The molecule has 1 saturated heterocycles. The summed E-state index contributed by atoms with van der Waals surface area (Å²) in [5.74, 6) is 1.48. The monoisotopic (exact) mass is 524 g/mol. The van der Waals surface area contributed by atoms with E-state index in [1.807, 2.05) is 30.3 Å². The van der Waals surface area contributed by atoms with Crippen molar-refractivity contribution in [2.75, 3.05) is 33.2 Å². The number of hydrogen-bond donors (Lipinski definition) is 1. The second kappa shape index (κ2) is 13.6. The number of nitrogens with one attached hydrogen (secondary N) is 1. The molecule has 6 heteroatoms. The zero-order valence-corrected chi connectivity index (χ0v) is 23.7. The average Bonchev–Trinajstić information content (AvgIpc) is 3.27. The molecule has 5 nitrogen and oxygen atoms in total. The summed E-state index contributed by atoms with van der Waals surface area (Å²) in [4.78, 5) is 20.3. The van der Waals surface area contributed by atoms with E-state index in [2.05, 4.69) is 65.2 Å². The summed E-state index contributed by atoms with van der Waals surface area (Å²) in [5, 5.41) is 3.97. The van der Waals surface area contributed by atoms with E-state index >= 15 is 0 Å². The van der Waals surface area contributed by atoms with Gasteiger partial charge in [0.2, 0.25) is 0 Å². The number of likely N-dealkylation sites (tertiary alicyclic amines) is 1. The Kier molecular flexibility index (Phi) is 10.3. The molecule has 1 aliphatic carbocycles. The third-order valence-corrected chi connectivity index (χ3v) is 8.71. The van der Waals surface area contributed by atoms with Gasteiger partial charge in [-0.2, -0.15) is 0 Å². The van der Waals surface area contributed by atoms with Gasteiger partial charge in [0.05, 0.1) is 0 Å². The van der Waals surface area contributed by atoms with Gasteiger partial charge < -0.3 is 15.1 Å². The second-order valence-corrected chi connectivity index (χ2v) is 11.7. The van der Waals surface area contributed by atoms with Gasteiger partial charge in [-0.1, -0.05) is 67.9 Å². The third kappa shape index (κ3) is 7.95. The van der Waals surface area contributed by atoms with Gasteiger partial charge in [-0.3, -0.25) is 4.90 Å². The first-order valence-corrected chi connectivity index (χ1v) is 14.6. The Bertz CT molecular complexity index is 978. The number of amides is 2. The van der Waals surface area contributed by atoms with Gasteiger partial charge in [-0.05, 0) is 74.2 Å². The smallest absolute Gasteiger partial charge is 0.317 e. The minimum atomic E-state index is 0.0825. The predicted molar refractivity (Wildman–Crippen MR) is 154 cm³/mol. The standard InChI is InChI=1S/C31H45ClN4O/c1-4-15-36(31(37)33-21-25-9-6-5-7-10-25)29-13-16-35(17-14-29)23-27-20-30(18-24(27)2)34(3)22-26-11-8-12-28(32)19-26/h5-12,19,24,27,29-30H,4,13-18,20-23H2,1-3H3,(H,33,37). The zero-order valence-electron chi connectivity index (χ0n) is 22.9. The van der Waals surface area contributed by atoms with Gasteiger partial charge in [-0.15, -0.1) is 0 Å². The zero-order chi connectivity index (χ0) is 26.2. The highest BCUT2D eigenvalue weighted by Gasteiger charge is 2.35. The Morgan fingerprint density at radius 2 is 1.76 bits per heavy atom. The van der Waals surface area contributed by atoms with Crippen LogP contribution in [0, 0.1) is 11.8 Å². The van der Waals surface area contributed by atoms with Crippen molar-refractivity contribution in [1.29, 1.82) is 0 Å². The molecule has 1 aliphatic heterocycles. The van der Waals surface area contributed by atoms with Gasteiger partial charge in [0.15, 0.2) is 0 Å². The molecule has 3 atom stereocenters. The van der Waals surface area contributed by atoms with E-state index in [0.29, 0.717) is 18.6 Å². The fraction of sp³-hybridized carbons (Fsp3) is 0.581. The lowest BCUT2D eigenvalue weighted by atomic mass is 9.95. The van der Waals surface area contributed by atoms with Crippen LogP contribution in [0.2, 0.25) is 5.02 Å². The number of piperidine rings is 1. The third-order valence-electron chi connectivity index (χ3n) is 8.47. The predicted octanol–water partition coefficient (Wildman–Crippen LogP) is 6.27. The largest absolute Gasteiger partial charge is 0.334 e. The van der Waals surface area contributed by atoms with E-state index in [9.17, 15) is 4.79 Å². The van der Waals surface area contributed by atoms with Crippen LogP contribution in [0.25, 0.3) is 0 Å². The maximum atomic E-state index is 13.0. The molecule has 37 heavy (non-hydrogen) atoms. The van der Waals surface area contributed by atoms with Crippen LogP contribution in [0.4, 0.5) is 4.79 Å². The summed E-state index contributed by atoms with van der Waals surface area (Å²) in [5.41, 5.74) is 2.43. The number of carbonyl (C=O) groups excluding carboxylic acids is 1. The summed E-state index contributed by atoms with van der Waals surface area (Å²) < 4.78 is 0. The van der Waals surface area contributed by atoms with Crippen LogP contribution >= 0.6 is 11.6 Å². The molecular formula is C31H45ClN4O. The first-order chi connectivity index (χ1) is 17.9. The number of carbonyl (C=O) groups is 1. The minimum Gasteiger partial charge on any atom is -0.334 e. The van der Waals surface area contributed by atoms with Gasteiger partial charge >= 0.3 is 6.03 Å². The normalized spacial score (nSPS) is 22.9. The van der Waals surface area contributed by atoms with E-state index in [0.717, 1.165) is 67.9 Å². The molecule has 2 fully saturated rings. The van der Waals surface area contributed by atoms with Crippen molar-refractivity contribution >= 4 is 17.6 Å². The lowest BCUT2D eigenvalue weighted by Crippen LogP contribution is -2.51. The topological polar surface area (TPSA) is 38.8 Å². The molecule has 1 N–H and O–H groups in total. The number of nitrogens with zero attached hydrogens (tertiary/aromatic N) is 3. The van der Waals surface area contributed by atoms with Crippen LogP contribution in [0.15, 0.2) is 54.6 Å². The Morgan fingerprint density at radius 3 is 2.46 bits per heavy atom. The van der Waals surface area contributed by atoms with E-state index < -0.39 is 0 Å². The first-order valence-electron chi connectivity index (χ1n) is 14.2. The molecule has 1 saturated carbocycles. The van der Waals surface area contributed by atoms with E-state index in [1.165, 1.54) is 24.9 Å². The van der Waals surface area contributed by atoms with Crippen molar-refractivity contribution in [3.8, 4) is 0 Å². The second-order valence-electron chi connectivity index (χ2n) is 11.3. The van der Waals surface area contributed by atoms with Crippen molar-refractivity contribution < 1.29 is 4.79 Å². The van der Waals surface area contributed by atoms with Crippen molar-refractivity contribution in [1.82, 2.24) is 20.0 Å². The molecule has 3 unspecified atom stereocenters. The summed E-state index contributed by atoms with van der Waals surface area (Å²) in [7, 11) is 2.26. The van der Waals surface area contributed by atoms with E-state index in [4.69, 9.17) is 11.6 Å². The summed E-state index contributed by atoms with van der Waals surface area (Å²) in [6.07, 6.45) is 5.66. The van der Waals surface area contributed by atoms with Gasteiger partial charge in [-0.25, -0.2) is 4.79 Å². The lowest BCUT2D eigenvalue weighted by Gasteiger charge is -2.39. The summed E-state index contributed by atoms with van der Waals surface area (Å²) in [6, 6.07) is 19.5.